The van der Waals surface area contributed by atoms with Gasteiger partial charge >= 0.3 is 0 Å². The normalized spacial score (nSPS) is 16.3. The van der Waals surface area contributed by atoms with Crippen molar-refractivity contribution in [1.29, 1.82) is 0 Å². The predicted octanol–water partition coefficient (Wildman–Crippen LogP) is 2.64. The maximum absolute atomic E-state index is 5.18. The summed E-state index contributed by atoms with van der Waals surface area (Å²) in [5.74, 6) is 0.924. The maximum Gasteiger partial charge on any atom is 0.118 e. The van der Waals surface area contributed by atoms with Crippen LogP contribution in [0.2, 0.25) is 0 Å². The van der Waals surface area contributed by atoms with Crippen LogP contribution >= 0.6 is 0 Å². The highest BCUT2D eigenvalue weighted by Gasteiger charge is 2.41. The molecule has 0 saturated heterocycles. The first-order valence-corrected chi connectivity index (χ1v) is 7.11. The number of methoxy groups -OCH3 is 2. The molecule has 1 fully saturated rings. The van der Waals surface area contributed by atoms with E-state index >= 15 is 0 Å². The van der Waals surface area contributed by atoms with Gasteiger partial charge in [-0.05, 0) is 55.3 Å². The Balaban J connectivity index is 1.63. The van der Waals surface area contributed by atoms with Gasteiger partial charge in [-0.3, -0.25) is 0 Å². The summed E-state index contributed by atoms with van der Waals surface area (Å²) in [4.78, 5) is 0. The summed E-state index contributed by atoms with van der Waals surface area (Å²) in [6, 6.07) is 8.32. The fraction of sp³-hybridized carbons (Fsp3) is 0.625. The minimum absolute atomic E-state index is 0.538. The lowest BCUT2D eigenvalue weighted by Gasteiger charge is -2.15. The molecule has 0 heterocycles. The Kier molecular flexibility index (Phi) is 5.23. The zero-order chi connectivity index (χ0) is 13.6. The van der Waals surface area contributed by atoms with Crippen molar-refractivity contribution in [2.75, 3.05) is 33.9 Å². The second-order valence-corrected chi connectivity index (χ2v) is 5.52. The summed E-state index contributed by atoms with van der Waals surface area (Å²) >= 11 is 0. The molecule has 19 heavy (non-hydrogen) atoms. The summed E-state index contributed by atoms with van der Waals surface area (Å²) in [6.45, 7) is 3.06. The van der Waals surface area contributed by atoms with E-state index in [4.69, 9.17) is 9.47 Å². The standard InChI is InChI=1S/C16H25NO2/c1-18-12-10-16(8-9-16)13-17-11-7-14-3-5-15(19-2)6-4-14/h3-6,17H,7-13H2,1-2H3. The number of hydrogen-bond donors (Lipinski definition) is 1. The van der Waals surface area contributed by atoms with Crippen molar-refractivity contribution >= 4 is 0 Å². The second-order valence-electron chi connectivity index (χ2n) is 5.52. The van der Waals surface area contributed by atoms with E-state index in [-0.39, 0.29) is 0 Å². The first-order chi connectivity index (χ1) is 9.28. The molecule has 1 aliphatic carbocycles. The van der Waals surface area contributed by atoms with Crippen molar-refractivity contribution in [2.24, 2.45) is 5.41 Å². The summed E-state index contributed by atoms with van der Waals surface area (Å²) < 4.78 is 10.3. The Morgan fingerprint density at radius 2 is 1.89 bits per heavy atom. The second kappa shape index (κ2) is 6.92. The van der Waals surface area contributed by atoms with Crippen molar-refractivity contribution in [3.05, 3.63) is 29.8 Å². The molecule has 0 amide bonds. The van der Waals surface area contributed by atoms with Crippen LogP contribution in [0, 0.1) is 5.41 Å². The van der Waals surface area contributed by atoms with Crippen LogP contribution < -0.4 is 10.1 Å². The SMILES string of the molecule is COCCC1(CNCCc2ccc(OC)cc2)CC1. The zero-order valence-electron chi connectivity index (χ0n) is 12.1. The van der Waals surface area contributed by atoms with E-state index in [2.05, 4.69) is 17.4 Å². The van der Waals surface area contributed by atoms with Crippen molar-refractivity contribution in [2.45, 2.75) is 25.7 Å². The Labute approximate surface area is 116 Å². The summed E-state index contributed by atoms with van der Waals surface area (Å²) in [5, 5.41) is 3.59. The number of hydrogen-bond acceptors (Lipinski definition) is 3. The van der Waals surface area contributed by atoms with E-state index in [1.807, 2.05) is 12.1 Å². The molecule has 0 bridgehead atoms. The fourth-order valence-corrected chi connectivity index (χ4v) is 2.39. The molecule has 0 atom stereocenters. The average molecular weight is 263 g/mol. The van der Waals surface area contributed by atoms with Gasteiger partial charge in [0.25, 0.3) is 0 Å². The third kappa shape index (κ3) is 4.51. The van der Waals surface area contributed by atoms with E-state index in [0.717, 1.165) is 31.9 Å². The highest BCUT2D eigenvalue weighted by Crippen LogP contribution is 2.48. The van der Waals surface area contributed by atoms with Gasteiger partial charge in [0.2, 0.25) is 0 Å². The van der Waals surface area contributed by atoms with Gasteiger partial charge in [0.15, 0.2) is 0 Å². The molecule has 1 aromatic carbocycles. The monoisotopic (exact) mass is 263 g/mol. The van der Waals surface area contributed by atoms with Crippen molar-refractivity contribution in [3.63, 3.8) is 0 Å². The third-order valence-electron chi connectivity index (χ3n) is 4.04. The Morgan fingerprint density at radius 3 is 2.47 bits per heavy atom. The lowest BCUT2D eigenvalue weighted by molar-refractivity contribution is 0.171. The molecular formula is C16H25NO2. The summed E-state index contributed by atoms with van der Waals surface area (Å²) in [5.41, 5.74) is 1.89. The number of benzene rings is 1. The smallest absolute Gasteiger partial charge is 0.118 e. The van der Waals surface area contributed by atoms with E-state index in [1.54, 1.807) is 14.2 Å². The molecule has 2 rings (SSSR count). The zero-order valence-corrected chi connectivity index (χ0v) is 12.1. The number of rotatable bonds is 9. The van der Waals surface area contributed by atoms with Gasteiger partial charge in [-0.2, -0.15) is 0 Å². The molecule has 3 nitrogen and oxygen atoms in total. The first kappa shape index (κ1) is 14.4. The molecular weight excluding hydrogens is 238 g/mol. The highest BCUT2D eigenvalue weighted by molar-refractivity contribution is 5.27. The molecule has 0 aliphatic heterocycles. The number of nitrogens with one attached hydrogen (secondary N) is 1. The molecule has 0 spiro atoms. The Hall–Kier alpha value is -1.06. The van der Waals surface area contributed by atoms with Crippen LogP contribution in [0.1, 0.15) is 24.8 Å². The Morgan fingerprint density at radius 1 is 1.16 bits per heavy atom. The molecule has 3 heteroatoms. The van der Waals surface area contributed by atoms with Crippen LogP contribution in [0.4, 0.5) is 0 Å². The minimum atomic E-state index is 0.538. The Bertz CT molecular complexity index is 371. The maximum atomic E-state index is 5.18. The summed E-state index contributed by atoms with van der Waals surface area (Å²) in [7, 11) is 3.48. The van der Waals surface area contributed by atoms with Crippen LogP contribution in [-0.4, -0.2) is 33.9 Å². The largest absolute Gasteiger partial charge is 0.497 e. The van der Waals surface area contributed by atoms with Gasteiger partial charge in [-0.15, -0.1) is 0 Å². The van der Waals surface area contributed by atoms with Crippen LogP contribution in [0.25, 0.3) is 0 Å². The van der Waals surface area contributed by atoms with Gasteiger partial charge in [0, 0.05) is 20.3 Å². The quantitative estimate of drug-likeness (QED) is 0.695. The molecule has 0 aromatic heterocycles. The molecule has 1 N–H and O–H groups in total. The lowest BCUT2D eigenvalue weighted by atomic mass is 10.0. The van der Waals surface area contributed by atoms with E-state index in [9.17, 15) is 0 Å². The van der Waals surface area contributed by atoms with Crippen LogP contribution in [0.5, 0.6) is 5.75 Å². The van der Waals surface area contributed by atoms with Gasteiger partial charge in [-0.1, -0.05) is 12.1 Å². The molecule has 1 aromatic rings. The average Bonchev–Trinajstić information content (AvgIpc) is 3.23. The van der Waals surface area contributed by atoms with E-state index in [0.29, 0.717) is 5.41 Å². The molecule has 1 aliphatic rings. The van der Waals surface area contributed by atoms with Gasteiger partial charge < -0.3 is 14.8 Å². The molecule has 106 valence electrons. The van der Waals surface area contributed by atoms with E-state index < -0.39 is 0 Å². The van der Waals surface area contributed by atoms with Crippen LogP contribution in [0.3, 0.4) is 0 Å². The van der Waals surface area contributed by atoms with Crippen molar-refractivity contribution < 1.29 is 9.47 Å². The molecule has 0 radical (unpaired) electrons. The predicted molar refractivity (Wildman–Crippen MR) is 77.7 cm³/mol. The topological polar surface area (TPSA) is 30.5 Å². The van der Waals surface area contributed by atoms with E-state index in [1.165, 1.54) is 24.8 Å². The lowest BCUT2D eigenvalue weighted by Crippen LogP contribution is -2.26. The minimum Gasteiger partial charge on any atom is -0.497 e. The van der Waals surface area contributed by atoms with Gasteiger partial charge in [-0.25, -0.2) is 0 Å². The van der Waals surface area contributed by atoms with Crippen LogP contribution in [0.15, 0.2) is 24.3 Å². The van der Waals surface area contributed by atoms with Gasteiger partial charge in [0.1, 0.15) is 5.75 Å². The van der Waals surface area contributed by atoms with Crippen molar-refractivity contribution in [1.82, 2.24) is 5.32 Å². The summed E-state index contributed by atoms with van der Waals surface area (Å²) in [6.07, 6.45) is 4.97. The van der Waals surface area contributed by atoms with Crippen molar-refractivity contribution in [3.8, 4) is 5.75 Å². The third-order valence-corrected chi connectivity index (χ3v) is 4.04. The molecule has 0 unspecified atom stereocenters. The fourth-order valence-electron chi connectivity index (χ4n) is 2.39. The number of ether oxygens (including phenoxy) is 2. The highest BCUT2D eigenvalue weighted by atomic mass is 16.5. The van der Waals surface area contributed by atoms with Crippen LogP contribution in [-0.2, 0) is 11.2 Å². The van der Waals surface area contributed by atoms with Gasteiger partial charge in [0.05, 0.1) is 7.11 Å². The first-order valence-electron chi connectivity index (χ1n) is 7.11. The molecule has 1 saturated carbocycles.